The molecule has 2 aromatic carbocycles. The Balaban J connectivity index is 1.19. The molecule has 0 radical (unpaired) electrons. The van der Waals surface area contributed by atoms with Crippen LogP contribution in [0.4, 0.5) is 4.79 Å². The van der Waals surface area contributed by atoms with Gasteiger partial charge in [-0.25, -0.2) is 14.4 Å². The molecule has 3 aromatic rings. The first-order valence-corrected chi connectivity index (χ1v) is 10.9. The van der Waals surface area contributed by atoms with Gasteiger partial charge in [0.1, 0.15) is 6.61 Å². The molecule has 0 bridgehead atoms. The molecule has 0 unspecified atom stereocenters. The third-order valence-corrected chi connectivity index (χ3v) is 5.77. The van der Waals surface area contributed by atoms with Gasteiger partial charge < -0.3 is 18.8 Å². The molecule has 10 nitrogen and oxygen atoms in total. The van der Waals surface area contributed by atoms with E-state index in [1.54, 1.807) is 47.4 Å². The Kier molecular flexibility index (Phi) is 7.07. The lowest BCUT2D eigenvalue weighted by Crippen LogP contribution is -2.49. The number of ketones is 1. The van der Waals surface area contributed by atoms with Gasteiger partial charge in [-0.2, -0.15) is 0 Å². The minimum atomic E-state index is -0.549. The number of nitrogens with one attached hydrogen (secondary N) is 1. The van der Waals surface area contributed by atoms with E-state index in [0.29, 0.717) is 61.4 Å². The van der Waals surface area contributed by atoms with Gasteiger partial charge >= 0.3 is 17.8 Å². The molecule has 178 valence electrons. The molecule has 2 heterocycles. The summed E-state index contributed by atoms with van der Waals surface area (Å²) in [7, 11) is 1.32. The van der Waals surface area contributed by atoms with Crippen molar-refractivity contribution >= 4 is 28.9 Å². The Bertz CT molecular complexity index is 1240. The molecule has 1 saturated heterocycles. The lowest BCUT2D eigenvalue weighted by molar-refractivity contribution is 0.0599. The number of piperazine rings is 1. The summed E-state index contributed by atoms with van der Waals surface area (Å²) in [6, 6.07) is 11.6. The van der Waals surface area contributed by atoms with Crippen molar-refractivity contribution < 1.29 is 28.3 Å². The summed E-state index contributed by atoms with van der Waals surface area (Å²) in [4.78, 5) is 54.0. The molecule has 0 spiro atoms. The highest BCUT2D eigenvalue weighted by Gasteiger charge is 2.23. The number of carbonyl (C=O) groups excluding carboxylic acids is 3. The van der Waals surface area contributed by atoms with Crippen LogP contribution in [0.2, 0.25) is 0 Å². The SMILES string of the molecule is COC(=O)c1ccc(COC(=O)N2CCN(CCC(=O)c3ccc4[nH]c(=O)oc4c3)CC2)cc1. The maximum atomic E-state index is 12.5. The number of hydrogen-bond acceptors (Lipinski definition) is 8. The molecule has 1 amide bonds. The monoisotopic (exact) mass is 467 g/mol. The van der Waals surface area contributed by atoms with Gasteiger partial charge in [0.25, 0.3) is 0 Å². The Morgan fingerprint density at radius 2 is 1.71 bits per heavy atom. The summed E-state index contributed by atoms with van der Waals surface area (Å²) in [5.41, 5.74) is 2.63. The van der Waals surface area contributed by atoms with Gasteiger partial charge in [0, 0.05) is 44.7 Å². The van der Waals surface area contributed by atoms with E-state index in [9.17, 15) is 19.2 Å². The summed E-state index contributed by atoms with van der Waals surface area (Å²) in [5, 5.41) is 0. The van der Waals surface area contributed by atoms with Gasteiger partial charge in [0.2, 0.25) is 0 Å². The highest BCUT2D eigenvalue weighted by Crippen LogP contribution is 2.15. The molecule has 4 rings (SSSR count). The first-order valence-electron chi connectivity index (χ1n) is 10.9. The summed E-state index contributed by atoms with van der Waals surface area (Å²) in [6.45, 7) is 2.98. The van der Waals surface area contributed by atoms with Crippen molar-refractivity contribution in [2.45, 2.75) is 13.0 Å². The number of nitrogens with zero attached hydrogens (tertiary/aromatic N) is 2. The molecule has 0 atom stereocenters. The van der Waals surface area contributed by atoms with Crippen molar-refractivity contribution in [3.63, 3.8) is 0 Å². The number of benzene rings is 2. The van der Waals surface area contributed by atoms with Crippen molar-refractivity contribution in [2.75, 3.05) is 39.8 Å². The molecule has 1 aliphatic rings. The lowest BCUT2D eigenvalue weighted by atomic mass is 10.1. The molecule has 1 fully saturated rings. The summed E-state index contributed by atoms with van der Waals surface area (Å²) >= 11 is 0. The Morgan fingerprint density at radius 3 is 2.41 bits per heavy atom. The minimum Gasteiger partial charge on any atom is -0.465 e. The Labute approximate surface area is 195 Å². The Hall–Kier alpha value is -3.92. The standard InChI is InChI=1S/C24H25N3O7/c1-32-22(29)17-4-2-16(3-5-17)15-33-24(31)27-12-10-26(11-13-27)9-8-20(28)18-6-7-19-21(14-18)34-23(30)25-19/h2-7,14H,8-13,15H2,1H3,(H,25,30). The average molecular weight is 467 g/mol. The minimum absolute atomic E-state index is 0.0363. The van der Waals surface area contributed by atoms with Crippen LogP contribution in [0.3, 0.4) is 0 Å². The Morgan fingerprint density at radius 1 is 1.00 bits per heavy atom. The number of hydrogen-bond donors (Lipinski definition) is 1. The van der Waals surface area contributed by atoms with Crippen molar-refractivity contribution in [1.82, 2.24) is 14.8 Å². The van der Waals surface area contributed by atoms with Crippen LogP contribution >= 0.6 is 0 Å². The normalized spacial score (nSPS) is 14.2. The highest BCUT2D eigenvalue weighted by atomic mass is 16.6. The van der Waals surface area contributed by atoms with Crippen LogP contribution in [0.25, 0.3) is 11.1 Å². The third-order valence-electron chi connectivity index (χ3n) is 5.77. The molecular weight excluding hydrogens is 442 g/mol. The molecule has 0 saturated carbocycles. The second-order valence-electron chi connectivity index (χ2n) is 7.97. The van der Waals surface area contributed by atoms with Crippen molar-refractivity contribution in [3.8, 4) is 0 Å². The quantitative estimate of drug-likeness (QED) is 0.415. The number of fused-ring (bicyclic) bond motifs is 1. The van der Waals surface area contributed by atoms with Crippen molar-refractivity contribution in [2.24, 2.45) is 0 Å². The first-order chi connectivity index (χ1) is 16.4. The maximum absolute atomic E-state index is 12.5. The van der Waals surface area contributed by atoms with E-state index >= 15 is 0 Å². The van der Waals surface area contributed by atoms with E-state index < -0.39 is 17.8 Å². The van der Waals surface area contributed by atoms with Crippen molar-refractivity contribution in [1.29, 1.82) is 0 Å². The number of aromatic nitrogens is 1. The molecule has 1 aromatic heterocycles. The number of Topliss-reactive ketones (excluding diaryl/α,β-unsaturated/α-hetero) is 1. The fourth-order valence-electron chi connectivity index (χ4n) is 3.77. The smallest absolute Gasteiger partial charge is 0.417 e. The number of ether oxygens (including phenoxy) is 2. The van der Waals surface area contributed by atoms with E-state index in [4.69, 9.17) is 9.15 Å². The summed E-state index contributed by atoms with van der Waals surface area (Å²) in [5.74, 6) is -1.00. The predicted molar refractivity (Wildman–Crippen MR) is 122 cm³/mol. The van der Waals surface area contributed by atoms with E-state index in [-0.39, 0.29) is 12.4 Å². The van der Waals surface area contributed by atoms with Crippen LogP contribution in [0.5, 0.6) is 0 Å². The zero-order valence-electron chi connectivity index (χ0n) is 18.7. The van der Waals surface area contributed by atoms with Crippen molar-refractivity contribution in [3.05, 3.63) is 69.7 Å². The summed E-state index contributed by atoms with van der Waals surface area (Å²) in [6.07, 6.45) is -0.0688. The van der Waals surface area contributed by atoms with Gasteiger partial charge in [0.05, 0.1) is 18.2 Å². The number of carbonyl (C=O) groups is 3. The fourth-order valence-corrected chi connectivity index (χ4v) is 3.77. The van der Waals surface area contributed by atoms with Crippen LogP contribution in [0.15, 0.2) is 51.7 Å². The number of H-pyrrole nitrogens is 1. The number of amides is 1. The van der Waals surface area contributed by atoms with E-state index in [1.165, 1.54) is 7.11 Å². The van der Waals surface area contributed by atoms with Gasteiger partial charge in [0.15, 0.2) is 11.4 Å². The van der Waals surface area contributed by atoms with Crippen LogP contribution in [-0.4, -0.2) is 72.5 Å². The maximum Gasteiger partial charge on any atom is 0.417 e. The average Bonchev–Trinajstić information content (AvgIpc) is 3.25. The van der Waals surface area contributed by atoms with Crippen LogP contribution < -0.4 is 5.76 Å². The number of oxazole rings is 1. The summed E-state index contributed by atoms with van der Waals surface area (Å²) < 4.78 is 15.1. The molecule has 1 N–H and O–H groups in total. The second-order valence-corrected chi connectivity index (χ2v) is 7.97. The molecule has 10 heteroatoms. The first kappa shape index (κ1) is 23.2. The predicted octanol–water partition coefficient (Wildman–Crippen LogP) is 2.43. The number of aromatic amines is 1. The zero-order chi connectivity index (χ0) is 24.1. The lowest BCUT2D eigenvalue weighted by Gasteiger charge is -2.33. The molecule has 34 heavy (non-hydrogen) atoms. The molecular formula is C24H25N3O7. The highest BCUT2D eigenvalue weighted by molar-refractivity contribution is 5.98. The van der Waals surface area contributed by atoms with Gasteiger partial charge in [-0.3, -0.25) is 14.7 Å². The van der Waals surface area contributed by atoms with Crippen LogP contribution in [0.1, 0.15) is 32.7 Å². The van der Waals surface area contributed by atoms with E-state index in [2.05, 4.69) is 14.6 Å². The van der Waals surface area contributed by atoms with E-state index in [1.807, 2.05) is 0 Å². The van der Waals surface area contributed by atoms with Crippen LogP contribution in [-0.2, 0) is 16.1 Å². The largest absolute Gasteiger partial charge is 0.465 e. The zero-order valence-corrected chi connectivity index (χ0v) is 18.7. The third kappa shape index (κ3) is 5.52. The fraction of sp³-hybridized carbons (Fsp3) is 0.333. The number of rotatable bonds is 7. The van der Waals surface area contributed by atoms with Gasteiger partial charge in [-0.15, -0.1) is 0 Å². The number of methoxy groups -OCH3 is 1. The number of esters is 1. The molecule has 0 aliphatic carbocycles. The van der Waals surface area contributed by atoms with Crippen LogP contribution in [0, 0.1) is 0 Å². The van der Waals surface area contributed by atoms with E-state index in [0.717, 1.165) is 5.56 Å². The second kappa shape index (κ2) is 10.3. The van der Waals surface area contributed by atoms with Gasteiger partial charge in [-0.1, -0.05) is 12.1 Å². The van der Waals surface area contributed by atoms with Gasteiger partial charge in [-0.05, 0) is 35.9 Å². The molecule has 1 aliphatic heterocycles. The topological polar surface area (TPSA) is 122 Å².